The maximum absolute atomic E-state index is 12.1. The molecule has 21 heavy (non-hydrogen) atoms. The Kier molecular flexibility index (Phi) is 4.06. The van der Waals surface area contributed by atoms with Crippen LogP contribution in [0.5, 0.6) is 0 Å². The highest BCUT2D eigenvalue weighted by Crippen LogP contribution is 2.27. The number of nitrogens with one attached hydrogen (secondary N) is 2. The van der Waals surface area contributed by atoms with Crippen molar-refractivity contribution in [2.45, 2.75) is 25.2 Å². The second-order valence-corrected chi connectivity index (χ2v) is 5.62. The Balaban J connectivity index is 1.57. The summed E-state index contributed by atoms with van der Waals surface area (Å²) in [4.78, 5) is 13.8. The number of hydrogen-bond acceptors (Lipinski definition) is 5. The SMILES string of the molecule is N#CN1CC[C@H](C(=O)Nc2cc(C3CCOCC3)[nH]n2)C1. The van der Waals surface area contributed by atoms with Crippen LogP contribution in [0.1, 0.15) is 30.9 Å². The molecule has 1 aromatic heterocycles. The number of ether oxygens (including phenoxy) is 1. The number of aromatic amines is 1. The van der Waals surface area contributed by atoms with Crippen molar-refractivity contribution in [2.75, 3.05) is 31.6 Å². The summed E-state index contributed by atoms with van der Waals surface area (Å²) in [6, 6.07) is 1.91. The van der Waals surface area contributed by atoms with E-state index in [2.05, 4.69) is 21.7 Å². The number of nitrogens with zero attached hydrogens (tertiary/aromatic N) is 3. The zero-order valence-corrected chi connectivity index (χ0v) is 11.8. The van der Waals surface area contributed by atoms with Gasteiger partial charge in [-0.15, -0.1) is 0 Å². The zero-order chi connectivity index (χ0) is 14.7. The van der Waals surface area contributed by atoms with Gasteiger partial charge in [-0.2, -0.15) is 10.4 Å². The predicted octanol–water partition coefficient (Wildman–Crippen LogP) is 1.05. The molecular weight excluding hydrogens is 270 g/mol. The van der Waals surface area contributed by atoms with Crippen molar-refractivity contribution in [3.63, 3.8) is 0 Å². The summed E-state index contributed by atoms with van der Waals surface area (Å²) in [5.41, 5.74) is 1.05. The van der Waals surface area contributed by atoms with E-state index in [9.17, 15) is 4.79 Å². The van der Waals surface area contributed by atoms with Gasteiger partial charge in [0.15, 0.2) is 12.0 Å². The summed E-state index contributed by atoms with van der Waals surface area (Å²) in [6.07, 6.45) is 4.76. The molecule has 112 valence electrons. The number of rotatable bonds is 3. The topological polar surface area (TPSA) is 94.0 Å². The largest absolute Gasteiger partial charge is 0.381 e. The number of carbonyl (C=O) groups excluding carboxylic acids is 1. The van der Waals surface area contributed by atoms with Crippen LogP contribution in [0.25, 0.3) is 0 Å². The number of anilines is 1. The number of carbonyl (C=O) groups is 1. The van der Waals surface area contributed by atoms with Crippen molar-refractivity contribution < 1.29 is 9.53 Å². The molecule has 0 bridgehead atoms. The molecule has 2 aliphatic rings. The second-order valence-electron chi connectivity index (χ2n) is 5.62. The van der Waals surface area contributed by atoms with E-state index in [4.69, 9.17) is 10.00 Å². The Morgan fingerprint density at radius 2 is 2.29 bits per heavy atom. The van der Waals surface area contributed by atoms with Gasteiger partial charge in [-0.25, -0.2) is 0 Å². The lowest BCUT2D eigenvalue weighted by atomic mass is 9.97. The Hall–Kier alpha value is -2.07. The summed E-state index contributed by atoms with van der Waals surface area (Å²) in [7, 11) is 0. The van der Waals surface area contributed by atoms with Crippen LogP contribution in [0, 0.1) is 17.4 Å². The van der Waals surface area contributed by atoms with Crippen LogP contribution in [0.2, 0.25) is 0 Å². The van der Waals surface area contributed by atoms with Gasteiger partial charge < -0.3 is 15.0 Å². The molecule has 0 radical (unpaired) electrons. The first kappa shape index (κ1) is 13.9. The third-order valence-corrected chi connectivity index (χ3v) is 4.21. The molecule has 2 aliphatic heterocycles. The summed E-state index contributed by atoms with van der Waals surface area (Å²) < 4.78 is 5.35. The van der Waals surface area contributed by atoms with Crippen LogP contribution in [0.3, 0.4) is 0 Å². The third kappa shape index (κ3) is 3.16. The lowest BCUT2D eigenvalue weighted by Crippen LogP contribution is -2.25. The Morgan fingerprint density at radius 1 is 1.48 bits per heavy atom. The van der Waals surface area contributed by atoms with Gasteiger partial charge in [0, 0.05) is 44.0 Å². The molecule has 1 atom stereocenters. The van der Waals surface area contributed by atoms with Gasteiger partial charge in [0.25, 0.3) is 0 Å². The first-order valence-electron chi connectivity index (χ1n) is 7.35. The molecule has 0 aromatic carbocycles. The van der Waals surface area contributed by atoms with Crippen molar-refractivity contribution in [2.24, 2.45) is 5.92 Å². The Morgan fingerprint density at radius 3 is 3.00 bits per heavy atom. The van der Waals surface area contributed by atoms with Crippen molar-refractivity contribution in [1.29, 1.82) is 5.26 Å². The summed E-state index contributed by atoms with van der Waals surface area (Å²) >= 11 is 0. The summed E-state index contributed by atoms with van der Waals surface area (Å²) in [5.74, 6) is 0.806. The minimum atomic E-state index is -0.132. The second kappa shape index (κ2) is 6.14. The van der Waals surface area contributed by atoms with E-state index in [1.807, 2.05) is 6.07 Å². The van der Waals surface area contributed by atoms with E-state index < -0.39 is 0 Å². The fourth-order valence-electron chi connectivity index (χ4n) is 2.91. The highest BCUT2D eigenvalue weighted by Gasteiger charge is 2.28. The molecular formula is C14H19N5O2. The van der Waals surface area contributed by atoms with Crippen LogP contribution in [-0.2, 0) is 9.53 Å². The monoisotopic (exact) mass is 289 g/mol. The van der Waals surface area contributed by atoms with Crippen molar-refractivity contribution in [3.05, 3.63) is 11.8 Å². The van der Waals surface area contributed by atoms with Gasteiger partial charge in [-0.1, -0.05) is 0 Å². The molecule has 1 aromatic rings. The third-order valence-electron chi connectivity index (χ3n) is 4.21. The maximum Gasteiger partial charge on any atom is 0.230 e. The fourth-order valence-corrected chi connectivity index (χ4v) is 2.91. The molecule has 2 saturated heterocycles. The minimum Gasteiger partial charge on any atom is -0.381 e. The van der Waals surface area contributed by atoms with Crippen LogP contribution in [-0.4, -0.2) is 47.3 Å². The van der Waals surface area contributed by atoms with Gasteiger partial charge >= 0.3 is 0 Å². The Labute approximate surface area is 123 Å². The molecule has 2 N–H and O–H groups in total. The number of H-pyrrole nitrogens is 1. The molecule has 1 amide bonds. The van der Waals surface area contributed by atoms with E-state index in [0.717, 1.165) is 38.2 Å². The number of likely N-dealkylation sites (tertiary alicyclic amines) is 1. The van der Waals surface area contributed by atoms with Crippen molar-refractivity contribution in [1.82, 2.24) is 15.1 Å². The summed E-state index contributed by atoms with van der Waals surface area (Å²) in [6.45, 7) is 2.71. The lowest BCUT2D eigenvalue weighted by Gasteiger charge is -2.20. The zero-order valence-electron chi connectivity index (χ0n) is 11.8. The smallest absolute Gasteiger partial charge is 0.230 e. The van der Waals surface area contributed by atoms with Crippen LogP contribution in [0.4, 0.5) is 5.82 Å². The molecule has 7 nitrogen and oxygen atoms in total. The van der Waals surface area contributed by atoms with Crippen molar-refractivity contribution in [3.8, 4) is 6.19 Å². The van der Waals surface area contributed by atoms with Crippen molar-refractivity contribution >= 4 is 11.7 Å². The summed E-state index contributed by atoms with van der Waals surface area (Å²) in [5, 5.41) is 18.8. The maximum atomic E-state index is 12.1. The highest BCUT2D eigenvalue weighted by atomic mass is 16.5. The first-order valence-corrected chi connectivity index (χ1v) is 7.35. The molecule has 0 spiro atoms. The van der Waals surface area contributed by atoms with E-state index in [1.54, 1.807) is 4.90 Å². The number of nitriles is 1. The number of amides is 1. The first-order chi connectivity index (χ1) is 10.3. The molecule has 0 unspecified atom stereocenters. The van der Waals surface area contributed by atoms with E-state index in [1.165, 1.54) is 0 Å². The molecule has 3 rings (SSSR count). The molecule has 3 heterocycles. The van der Waals surface area contributed by atoms with Gasteiger partial charge in [-0.05, 0) is 19.3 Å². The number of aromatic nitrogens is 2. The minimum absolute atomic E-state index is 0.0576. The van der Waals surface area contributed by atoms with Crippen LogP contribution >= 0.6 is 0 Å². The molecule has 0 aliphatic carbocycles. The predicted molar refractivity (Wildman–Crippen MR) is 75.3 cm³/mol. The van der Waals surface area contributed by atoms with E-state index >= 15 is 0 Å². The molecule has 0 saturated carbocycles. The average Bonchev–Trinajstić information content (AvgIpc) is 3.17. The standard InChI is InChI=1S/C14H19N5O2/c15-9-19-4-1-11(8-19)14(20)16-13-7-12(17-18-13)10-2-5-21-6-3-10/h7,10-11H,1-6,8H2,(H2,16,17,18,20)/t11-/m0/s1. The lowest BCUT2D eigenvalue weighted by molar-refractivity contribution is -0.119. The van der Waals surface area contributed by atoms with Gasteiger partial charge in [0.2, 0.25) is 5.91 Å². The van der Waals surface area contributed by atoms with E-state index in [-0.39, 0.29) is 11.8 Å². The van der Waals surface area contributed by atoms with Crippen LogP contribution < -0.4 is 5.32 Å². The van der Waals surface area contributed by atoms with E-state index in [0.29, 0.717) is 24.8 Å². The van der Waals surface area contributed by atoms with Crippen LogP contribution in [0.15, 0.2) is 6.07 Å². The Bertz CT molecular complexity index is 544. The van der Waals surface area contributed by atoms with Gasteiger partial charge in [-0.3, -0.25) is 9.89 Å². The van der Waals surface area contributed by atoms with Gasteiger partial charge in [0.1, 0.15) is 0 Å². The molecule has 2 fully saturated rings. The molecule has 7 heteroatoms. The fraction of sp³-hybridized carbons (Fsp3) is 0.643. The average molecular weight is 289 g/mol. The number of hydrogen-bond donors (Lipinski definition) is 2. The highest BCUT2D eigenvalue weighted by molar-refractivity contribution is 5.92. The quantitative estimate of drug-likeness (QED) is 0.811. The normalized spacial score (nSPS) is 23.0. The van der Waals surface area contributed by atoms with Gasteiger partial charge in [0.05, 0.1) is 5.92 Å².